The van der Waals surface area contributed by atoms with Crippen molar-refractivity contribution in [1.82, 2.24) is 4.90 Å². The summed E-state index contributed by atoms with van der Waals surface area (Å²) in [7, 11) is 2.19. The molecule has 0 aliphatic heterocycles. The highest BCUT2D eigenvalue weighted by Crippen LogP contribution is 2.36. The van der Waals surface area contributed by atoms with Gasteiger partial charge in [-0.25, -0.2) is 0 Å². The molecule has 0 N–H and O–H groups in total. The summed E-state index contributed by atoms with van der Waals surface area (Å²) in [6.07, 6.45) is 9.96. The van der Waals surface area contributed by atoms with E-state index < -0.39 is 0 Å². The maximum absolute atomic E-state index is 5.42. The summed E-state index contributed by atoms with van der Waals surface area (Å²) in [6, 6.07) is 4.01. The topological polar surface area (TPSA) is 16.4 Å². The Morgan fingerprint density at radius 3 is 2.56 bits per heavy atom. The number of hydrogen-bond donors (Lipinski definition) is 1. The molecule has 0 saturated heterocycles. The Hall–Kier alpha value is -0.410. The summed E-state index contributed by atoms with van der Waals surface area (Å²) in [5, 5.41) is 0. The van der Waals surface area contributed by atoms with Crippen molar-refractivity contribution in [1.29, 1.82) is 0 Å². The largest absolute Gasteiger partial charge is 0.468 e. The van der Waals surface area contributed by atoms with Gasteiger partial charge in [0.25, 0.3) is 0 Å². The molecular formula is C15H25NOS. The van der Waals surface area contributed by atoms with Crippen molar-refractivity contribution < 1.29 is 4.42 Å². The van der Waals surface area contributed by atoms with Gasteiger partial charge in [0, 0.05) is 6.54 Å². The van der Waals surface area contributed by atoms with Crippen molar-refractivity contribution in [2.45, 2.75) is 45.1 Å². The molecular weight excluding hydrogens is 242 g/mol. The summed E-state index contributed by atoms with van der Waals surface area (Å²) in [6.45, 7) is 2.04. The van der Waals surface area contributed by atoms with Crippen molar-refractivity contribution in [2.24, 2.45) is 5.41 Å². The molecule has 1 fully saturated rings. The highest BCUT2D eigenvalue weighted by molar-refractivity contribution is 7.80. The highest BCUT2D eigenvalue weighted by atomic mass is 32.1. The fourth-order valence-electron chi connectivity index (χ4n) is 3.14. The first kappa shape index (κ1) is 14.0. The lowest BCUT2D eigenvalue weighted by Crippen LogP contribution is -2.36. The summed E-state index contributed by atoms with van der Waals surface area (Å²) in [4.78, 5) is 2.39. The molecule has 0 amide bonds. The Morgan fingerprint density at radius 1 is 1.28 bits per heavy atom. The van der Waals surface area contributed by atoms with Gasteiger partial charge in [0.05, 0.1) is 12.8 Å². The second-order valence-electron chi connectivity index (χ2n) is 5.82. The molecule has 1 aromatic rings. The number of furan rings is 1. The van der Waals surface area contributed by atoms with Crippen LogP contribution >= 0.6 is 12.6 Å². The van der Waals surface area contributed by atoms with Crippen molar-refractivity contribution >= 4 is 12.6 Å². The third-order valence-corrected chi connectivity index (χ3v) is 4.78. The summed E-state index contributed by atoms with van der Waals surface area (Å²) >= 11 is 4.64. The molecule has 0 atom stereocenters. The fraction of sp³-hybridized carbons (Fsp3) is 0.733. The van der Waals surface area contributed by atoms with Crippen molar-refractivity contribution in [3.05, 3.63) is 24.2 Å². The van der Waals surface area contributed by atoms with E-state index in [-0.39, 0.29) is 0 Å². The number of rotatable bonds is 5. The lowest BCUT2D eigenvalue weighted by Gasteiger charge is -2.35. The first-order valence-corrected chi connectivity index (χ1v) is 7.69. The van der Waals surface area contributed by atoms with Gasteiger partial charge in [-0.2, -0.15) is 12.6 Å². The zero-order valence-corrected chi connectivity index (χ0v) is 12.3. The minimum atomic E-state index is 0.418. The fourth-order valence-corrected chi connectivity index (χ4v) is 3.56. The van der Waals surface area contributed by atoms with E-state index in [1.54, 1.807) is 6.26 Å². The normalized spacial score (nSPS) is 19.9. The molecule has 102 valence electrons. The first-order chi connectivity index (χ1) is 8.74. The predicted octanol–water partition coefficient (Wildman–Crippen LogP) is 3.98. The summed E-state index contributed by atoms with van der Waals surface area (Å²) in [5.41, 5.74) is 0.418. The second-order valence-corrected chi connectivity index (χ2v) is 6.14. The van der Waals surface area contributed by atoms with Crippen LogP contribution in [-0.4, -0.2) is 24.2 Å². The van der Waals surface area contributed by atoms with Crippen LogP contribution in [0, 0.1) is 5.41 Å². The molecule has 0 spiro atoms. The van der Waals surface area contributed by atoms with Crippen LogP contribution in [0.25, 0.3) is 0 Å². The predicted molar refractivity (Wildman–Crippen MR) is 79.0 cm³/mol. The van der Waals surface area contributed by atoms with Crippen LogP contribution in [0.5, 0.6) is 0 Å². The molecule has 3 heteroatoms. The van der Waals surface area contributed by atoms with E-state index >= 15 is 0 Å². The van der Waals surface area contributed by atoms with Crippen LogP contribution in [0.15, 0.2) is 22.8 Å². The number of thiol groups is 1. The molecule has 0 bridgehead atoms. The van der Waals surface area contributed by atoms with Crippen molar-refractivity contribution in [3.8, 4) is 0 Å². The Balaban J connectivity index is 1.91. The lowest BCUT2D eigenvalue weighted by molar-refractivity contribution is 0.162. The Kier molecular flexibility index (Phi) is 5.19. The average Bonchev–Trinajstić information content (AvgIpc) is 2.74. The van der Waals surface area contributed by atoms with Gasteiger partial charge in [0.15, 0.2) is 0 Å². The maximum atomic E-state index is 5.42. The molecule has 1 aliphatic rings. The van der Waals surface area contributed by atoms with Gasteiger partial charge in [-0.05, 0) is 43.2 Å². The maximum Gasteiger partial charge on any atom is 0.117 e. The van der Waals surface area contributed by atoms with Gasteiger partial charge in [-0.3, -0.25) is 4.90 Å². The molecule has 0 aromatic carbocycles. The number of nitrogens with zero attached hydrogens (tertiary/aromatic N) is 1. The van der Waals surface area contributed by atoms with Gasteiger partial charge in [-0.1, -0.05) is 25.7 Å². The number of hydrogen-bond acceptors (Lipinski definition) is 3. The molecule has 1 saturated carbocycles. The minimum absolute atomic E-state index is 0.418. The van der Waals surface area contributed by atoms with E-state index in [9.17, 15) is 0 Å². The molecule has 0 unspecified atom stereocenters. The van der Waals surface area contributed by atoms with Crippen LogP contribution in [0.1, 0.15) is 44.3 Å². The highest BCUT2D eigenvalue weighted by Gasteiger charge is 2.30. The smallest absolute Gasteiger partial charge is 0.117 e. The minimum Gasteiger partial charge on any atom is -0.468 e. The Bertz CT molecular complexity index is 328. The lowest BCUT2D eigenvalue weighted by atomic mass is 9.82. The Labute approximate surface area is 116 Å². The third kappa shape index (κ3) is 3.79. The molecule has 0 radical (unpaired) electrons. The van der Waals surface area contributed by atoms with E-state index in [1.165, 1.54) is 38.5 Å². The van der Waals surface area contributed by atoms with E-state index in [2.05, 4.69) is 30.6 Å². The van der Waals surface area contributed by atoms with Gasteiger partial charge < -0.3 is 4.42 Å². The molecule has 1 aliphatic carbocycles. The van der Waals surface area contributed by atoms with Gasteiger partial charge in [0.1, 0.15) is 5.76 Å². The van der Waals surface area contributed by atoms with Gasteiger partial charge >= 0.3 is 0 Å². The molecule has 18 heavy (non-hydrogen) atoms. The Morgan fingerprint density at radius 2 is 2.00 bits per heavy atom. The van der Waals surface area contributed by atoms with Gasteiger partial charge in [0.2, 0.25) is 0 Å². The summed E-state index contributed by atoms with van der Waals surface area (Å²) < 4.78 is 5.42. The van der Waals surface area contributed by atoms with Crippen molar-refractivity contribution in [3.63, 3.8) is 0 Å². The van der Waals surface area contributed by atoms with Gasteiger partial charge in [-0.15, -0.1) is 0 Å². The standard InChI is InChI=1S/C15H25NOS/c1-16(11-14-7-6-10-17-14)12-15(13-18)8-4-2-3-5-9-15/h6-7,10,18H,2-5,8-9,11-13H2,1H3. The zero-order valence-electron chi connectivity index (χ0n) is 11.4. The van der Waals surface area contributed by atoms with E-state index in [1.807, 2.05) is 6.07 Å². The molecule has 1 heterocycles. The van der Waals surface area contributed by atoms with Crippen LogP contribution in [0.3, 0.4) is 0 Å². The van der Waals surface area contributed by atoms with E-state index in [4.69, 9.17) is 4.42 Å². The van der Waals surface area contributed by atoms with Crippen LogP contribution in [-0.2, 0) is 6.54 Å². The summed E-state index contributed by atoms with van der Waals surface area (Å²) in [5.74, 6) is 2.07. The SMILES string of the molecule is CN(Cc1ccco1)CC1(CS)CCCCCC1. The second kappa shape index (κ2) is 6.67. The molecule has 1 aromatic heterocycles. The zero-order chi connectivity index (χ0) is 12.8. The van der Waals surface area contributed by atoms with E-state index in [0.29, 0.717) is 5.41 Å². The van der Waals surface area contributed by atoms with Crippen LogP contribution in [0.2, 0.25) is 0 Å². The van der Waals surface area contributed by atoms with Crippen LogP contribution < -0.4 is 0 Å². The third-order valence-electron chi connectivity index (χ3n) is 4.11. The molecule has 2 nitrogen and oxygen atoms in total. The van der Waals surface area contributed by atoms with E-state index in [0.717, 1.165) is 24.6 Å². The van der Waals surface area contributed by atoms with Crippen LogP contribution in [0.4, 0.5) is 0 Å². The van der Waals surface area contributed by atoms with Crippen molar-refractivity contribution in [2.75, 3.05) is 19.3 Å². The molecule has 2 rings (SSSR count). The first-order valence-electron chi connectivity index (χ1n) is 7.06. The monoisotopic (exact) mass is 267 g/mol. The quantitative estimate of drug-likeness (QED) is 0.641. The average molecular weight is 267 g/mol.